The molecule has 0 rings (SSSR count). The molecule has 0 aromatic heterocycles. The molecule has 0 N–H and O–H groups in total. The maximum atomic E-state index is 4.19. The van der Waals surface area contributed by atoms with E-state index in [9.17, 15) is 0 Å². The fraction of sp³-hybridized carbons (Fsp3) is 1.00. The Morgan fingerprint density at radius 1 is 1.43 bits per heavy atom. The molecule has 0 saturated heterocycles. The molecule has 0 aromatic carbocycles. The summed E-state index contributed by atoms with van der Waals surface area (Å²) in [7, 11) is 3.35. The van der Waals surface area contributed by atoms with Gasteiger partial charge >= 0.3 is 0 Å². The third kappa shape index (κ3) is 11.1. The Kier molecular flexibility index (Phi) is 11.7. The van der Waals surface area contributed by atoms with E-state index >= 15 is 0 Å². The van der Waals surface area contributed by atoms with Crippen LogP contribution in [0.2, 0.25) is 0 Å². The molecule has 0 saturated carbocycles. The van der Waals surface area contributed by atoms with Crippen LogP contribution in [0, 0.1) is 0 Å². The van der Waals surface area contributed by atoms with E-state index in [4.69, 9.17) is 0 Å². The van der Waals surface area contributed by atoms with E-state index in [1.807, 2.05) is 0 Å². The van der Waals surface area contributed by atoms with Gasteiger partial charge in [-0.1, -0.05) is 0 Å². The van der Waals surface area contributed by atoms with Crippen LogP contribution < -0.4 is 0 Å². The zero-order valence-electron chi connectivity index (χ0n) is 4.25. The fourth-order valence-corrected chi connectivity index (χ4v) is 0.183. The second-order valence-corrected chi connectivity index (χ2v) is 1.09. The minimum absolute atomic E-state index is 0. The Labute approximate surface area is 73.7 Å². The molecule has 0 atom stereocenters. The summed E-state index contributed by atoms with van der Waals surface area (Å²) in [5.41, 5.74) is 0. The second kappa shape index (κ2) is 7.33. The van der Waals surface area contributed by atoms with Crippen molar-refractivity contribution < 1.29 is 42.0 Å². The quantitative estimate of drug-likeness (QED) is 0.349. The van der Waals surface area contributed by atoms with Crippen molar-refractivity contribution in [2.75, 3.05) is 14.1 Å². The van der Waals surface area contributed by atoms with Crippen molar-refractivity contribution in [3.8, 4) is 0 Å². The minimum atomic E-state index is 0. The van der Waals surface area contributed by atoms with Crippen LogP contribution in [-0.2, 0) is 54.9 Å². The molecule has 3 nitrogen and oxygen atoms in total. The number of hydroxylamine groups is 2. The Hall–Kier alpha value is 1.33. The summed E-state index contributed by atoms with van der Waals surface area (Å²) >= 11 is 3.96. The van der Waals surface area contributed by atoms with Crippen LogP contribution >= 0.6 is 0 Å². The van der Waals surface area contributed by atoms with Crippen molar-refractivity contribution in [3.63, 3.8) is 0 Å². The summed E-state index contributed by atoms with van der Waals surface area (Å²) in [4.78, 5) is 4.19. The van der Waals surface area contributed by atoms with E-state index in [-0.39, 0.29) is 32.7 Å². The van der Waals surface area contributed by atoms with Crippen LogP contribution in [0.1, 0.15) is 0 Å². The molecular formula is C2H6NO2SY-. The van der Waals surface area contributed by atoms with Crippen LogP contribution in [0.15, 0.2) is 0 Å². The van der Waals surface area contributed by atoms with Gasteiger partial charge in [0.25, 0.3) is 0 Å². The predicted molar refractivity (Wildman–Crippen MR) is 23.2 cm³/mol. The van der Waals surface area contributed by atoms with E-state index in [0.29, 0.717) is 0 Å². The summed E-state index contributed by atoms with van der Waals surface area (Å²) in [6.45, 7) is 0. The van der Waals surface area contributed by atoms with Crippen LogP contribution in [0.3, 0.4) is 0 Å². The van der Waals surface area contributed by atoms with Gasteiger partial charge in [0.05, 0.1) is 0 Å². The first-order valence-electron chi connectivity index (χ1n) is 1.41. The SMILES string of the molecule is CN(C)OO[S-].[Y]. The molecule has 0 aliphatic rings. The molecular weight excluding hydrogens is 191 g/mol. The molecule has 0 fully saturated rings. The fourth-order valence-electron chi connectivity index (χ4n) is 0.0609. The number of hydrogen-bond donors (Lipinski definition) is 0. The van der Waals surface area contributed by atoms with Gasteiger partial charge in [-0.25, -0.2) is 0 Å². The van der Waals surface area contributed by atoms with E-state index in [2.05, 4.69) is 22.2 Å². The average molecular weight is 197 g/mol. The molecule has 0 heterocycles. The minimum Gasteiger partial charge on any atom is -0.580 e. The third-order valence-electron chi connectivity index (χ3n) is 0.180. The second-order valence-electron chi connectivity index (χ2n) is 0.955. The molecule has 0 bridgehead atoms. The average Bonchev–Trinajstić information content (AvgIpc) is 1.35. The van der Waals surface area contributed by atoms with Crippen LogP contribution in [0.5, 0.6) is 0 Å². The normalized spacial score (nSPS) is 8.57. The topological polar surface area (TPSA) is 21.7 Å². The Bertz CT molecular complexity index is 36.9. The largest absolute Gasteiger partial charge is 0.580 e. The summed E-state index contributed by atoms with van der Waals surface area (Å²) in [5, 5.41) is 1.35. The first-order chi connectivity index (χ1) is 2.77. The number of hydrogen-bond acceptors (Lipinski definition) is 4. The summed E-state index contributed by atoms with van der Waals surface area (Å²) in [5.74, 6) is 0. The third-order valence-corrected chi connectivity index (χ3v) is 0.240. The molecule has 0 spiro atoms. The van der Waals surface area contributed by atoms with Gasteiger partial charge in [-0.15, -0.1) is 0 Å². The zero-order valence-corrected chi connectivity index (χ0v) is 7.90. The molecule has 0 aromatic rings. The van der Waals surface area contributed by atoms with E-state index in [1.54, 1.807) is 14.1 Å². The number of rotatable bonds is 2. The van der Waals surface area contributed by atoms with Gasteiger partial charge in [-0.05, 0) is 0 Å². The molecule has 7 heavy (non-hydrogen) atoms. The van der Waals surface area contributed by atoms with Crippen molar-refractivity contribution in [2.45, 2.75) is 0 Å². The first kappa shape index (κ1) is 11.2. The van der Waals surface area contributed by atoms with E-state index in [0.717, 1.165) is 0 Å². The van der Waals surface area contributed by atoms with Crippen LogP contribution in [-0.4, -0.2) is 19.2 Å². The molecule has 41 valence electrons. The smallest absolute Gasteiger partial charge is 0.0152 e. The monoisotopic (exact) mass is 197 g/mol. The van der Waals surface area contributed by atoms with Gasteiger partial charge < -0.3 is 17.2 Å². The van der Waals surface area contributed by atoms with Crippen molar-refractivity contribution in [1.29, 1.82) is 0 Å². The van der Waals surface area contributed by atoms with Crippen LogP contribution in [0.4, 0.5) is 0 Å². The van der Waals surface area contributed by atoms with Gasteiger partial charge in [0.2, 0.25) is 0 Å². The van der Waals surface area contributed by atoms with Crippen molar-refractivity contribution in [2.24, 2.45) is 0 Å². The molecule has 0 aliphatic carbocycles. The Morgan fingerprint density at radius 2 is 1.86 bits per heavy atom. The standard InChI is InChI=1S/C2H7NO2S.Y/c1-3(2)4-5-6;/h6H,1-2H3;/p-1. The summed E-state index contributed by atoms with van der Waals surface area (Å²) < 4.78 is 3.81. The van der Waals surface area contributed by atoms with Gasteiger partial charge in [-0.2, -0.15) is 10.1 Å². The molecule has 0 amide bonds. The van der Waals surface area contributed by atoms with E-state index in [1.165, 1.54) is 5.06 Å². The summed E-state index contributed by atoms with van der Waals surface area (Å²) in [6, 6.07) is 0. The van der Waals surface area contributed by atoms with Crippen molar-refractivity contribution in [3.05, 3.63) is 0 Å². The molecule has 0 unspecified atom stereocenters. The maximum Gasteiger partial charge on any atom is 0.0152 e. The Balaban J connectivity index is 0. The van der Waals surface area contributed by atoms with Gasteiger partial charge in [0.1, 0.15) is 0 Å². The first-order valence-corrected chi connectivity index (χ1v) is 1.74. The molecule has 0 aliphatic heterocycles. The van der Waals surface area contributed by atoms with Gasteiger partial charge in [-0.3, -0.25) is 0 Å². The van der Waals surface area contributed by atoms with E-state index < -0.39 is 0 Å². The van der Waals surface area contributed by atoms with Crippen molar-refractivity contribution in [1.82, 2.24) is 5.06 Å². The van der Waals surface area contributed by atoms with Gasteiger partial charge in [0.15, 0.2) is 0 Å². The molecule has 1 radical (unpaired) electrons. The maximum absolute atomic E-state index is 4.19. The van der Waals surface area contributed by atoms with Gasteiger partial charge in [0, 0.05) is 46.8 Å². The van der Waals surface area contributed by atoms with Crippen LogP contribution in [0.25, 0.3) is 0 Å². The van der Waals surface area contributed by atoms with Crippen molar-refractivity contribution >= 4 is 12.9 Å². The zero-order chi connectivity index (χ0) is 4.99. The summed E-state index contributed by atoms with van der Waals surface area (Å²) in [6.07, 6.45) is 0. The predicted octanol–water partition coefficient (Wildman–Crippen LogP) is -0.129. The number of nitrogens with zero attached hydrogens (tertiary/aromatic N) is 1. The Morgan fingerprint density at radius 3 is 1.86 bits per heavy atom. The molecule has 5 heteroatoms.